The van der Waals surface area contributed by atoms with E-state index in [1.54, 1.807) is 6.07 Å². The van der Waals surface area contributed by atoms with Crippen LogP contribution in [0.4, 0.5) is 8.78 Å². The molecule has 208 valence electrons. The zero-order valence-electron chi connectivity index (χ0n) is 22.3. The number of hydrogen-bond donors (Lipinski definition) is 3. The van der Waals surface area contributed by atoms with Crippen LogP contribution in [0.2, 0.25) is 0 Å². The van der Waals surface area contributed by atoms with Gasteiger partial charge in [0.1, 0.15) is 11.6 Å². The topological polar surface area (TPSA) is 73.8 Å². The van der Waals surface area contributed by atoms with Crippen LogP contribution in [0.3, 0.4) is 0 Å². The summed E-state index contributed by atoms with van der Waals surface area (Å²) in [4.78, 5) is 15.5. The van der Waals surface area contributed by atoms with E-state index in [2.05, 4.69) is 34.6 Å². The molecule has 1 saturated heterocycles. The smallest absolute Gasteiger partial charge is 0.251 e. The molecular formula is C31H37F2N3O3. The average molecular weight is 538 g/mol. The van der Waals surface area contributed by atoms with Gasteiger partial charge in [0.25, 0.3) is 5.91 Å². The van der Waals surface area contributed by atoms with Crippen molar-refractivity contribution in [1.82, 2.24) is 15.5 Å². The Labute approximate surface area is 229 Å². The van der Waals surface area contributed by atoms with Gasteiger partial charge in [-0.25, -0.2) is 8.78 Å². The third-order valence-electron chi connectivity index (χ3n) is 6.94. The van der Waals surface area contributed by atoms with Gasteiger partial charge in [0.15, 0.2) is 0 Å². The van der Waals surface area contributed by atoms with Crippen molar-refractivity contribution in [2.45, 2.75) is 45.0 Å². The second kappa shape index (κ2) is 14.3. The first-order valence-corrected chi connectivity index (χ1v) is 13.5. The number of morpholine rings is 1. The first-order chi connectivity index (χ1) is 18.9. The van der Waals surface area contributed by atoms with Gasteiger partial charge < -0.3 is 20.5 Å². The number of halogens is 2. The van der Waals surface area contributed by atoms with E-state index in [1.165, 1.54) is 17.7 Å². The highest BCUT2D eigenvalue weighted by atomic mass is 19.1. The van der Waals surface area contributed by atoms with Crippen molar-refractivity contribution in [2.75, 3.05) is 32.8 Å². The number of hydrogen-bond acceptors (Lipinski definition) is 5. The highest BCUT2D eigenvalue weighted by molar-refractivity contribution is 5.94. The van der Waals surface area contributed by atoms with Crippen molar-refractivity contribution in [2.24, 2.45) is 0 Å². The van der Waals surface area contributed by atoms with Crippen molar-refractivity contribution in [3.8, 4) is 0 Å². The number of aliphatic hydroxyl groups is 1. The van der Waals surface area contributed by atoms with E-state index in [4.69, 9.17) is 4.74 Å². The number of amides is 1. The number of carbonyl (C=O) groups is 1. The van der Waals surface area contributed by atoms with Gasteiger partial charge >= 0.3 is 0 Å². The van der Waals surface area contributed by atoms with Crippen molar-refractivity contribution >= 4 is 5.91 Å². The Morgan fingerprint density at radius 2 is 1.64 bits per heavy atom. The second-order valence-corrected chi connectivity index (χ2v) is 10.0. The number of carbonyl (C=O) groups excluding carboxylic acids is 1. The highest BCUT2D eigenvalue weighted by Gasteiger charge is 2.23. The van der Waals surface area contributed by atoms with Crippen LogP contribution in [0.25, 0.3) is 0 Å². The monoisotopic (exact) mass is 537 g/mol. The molecule has 2 unspecified atom stereocenters. The number of nitrogens with zero attached hydrogens (tertiary/aromatic N) is 1. The van der Waals surface area contributed by atoms with Crippen molar-refractivity contribution in [3.05, 3.63) is 106 Å². The Kier molecular flexibility index (Phi) is 10.6. The normalized spacial score (nSPS) is 15.6. The lowest BCUT2D eigenvalue weighted by atomic mass is 9.99. The molecule has 1 heterocycles. The number of nitrogens with one attached hydrogen (secondary N) is 2. The standard InChI is InChI=1S/C31H37F2N3O3/c1-2-22-5-3-6-23(13-22)19-34-20-30(37)29(17-25-15-27(32)18-28(33)16-25)35-31(38)26-8-4-7-24(14-26)21-36-9-11-39-12-10-36/h3-8,13-16,18,29-30,34,37H,2,9-12,17,19-21H2,1H3,(H,35,38). The lowest BCUT2D eigenvalue weighted by Crippen LogP contribution is -2.48. The van der Waals surface area contributed by atoms with Crippen LogP contribution in [-0.4, -0.2) is 60.9 Å². The molecular weight excluding hydrogens is 500 g/mol. The molecule has 1 fully saturated rings. The van der Waals surface area contributed by atoms with E-state index >= 15 is 0 Å². The SMILES string of the molecule is CCc1cccc(CNCC(O)C(Cc2cc(F)cc(F)c2)NC(=O)c2cccc(CN3CCOCC3)c2)c1. The summed E-state index contributed by atoms with van der Waals surface area (Å²) in [5.74, 6) is -1.75. The van der Waals surface area contributed by atoms with E-state index in [0.29, 0.717) is 37.4 Å². The van der Waals surface area contributed by atoms with Crippen LogP contribution >= 0.6 is 0 Å². The predicted molar refractivity (Wildman–Crippen MR) is 147 cm³/mol. The molecule has 1 aliphatic rings. The number of ether oxygens (including phenoxy) is 1. The van der Waals surface area contributed by atoms with Crippen LogP contribution in [0.5, 0.6) is 0 Å². The Hall–Kier alpha value is -3.17. The molecule has 0 bridgehead atoms. The molecule has 4 rings (SSSR count). The Balaban J connectivity index is 1.44. The maximum Gasteiger partial charge on any atom is 0.251 e. The first kappa shape index (κ1) is 28.8. The zero-order valence-corrected chi connectivity index (χ0v) is 22.3. The zero-order chi connectivity index (χ0) is 27.6. The molecule has 8 heteroatoms. The molecule has 3 N–H and O–H groups in total. The fourth-order valence-electron chi connectivity index (χ4n) is 4.81. The fraction of sp³-hybridized carbons (Fsp3) is 0.387. The average Bonchev–Trinajstić information content (AvgIpc) is 2.93. The molecule has 0 spiro atoms. The van der Waals surface area contributed by atoms with E-state index < -0.39 is 23.8 Å². The van der Waals surface area contributed by atoms with Crippen LogP contribution in [-0.2, 0) is 30.7 Å². The Morgan fingerprint density at radius 3 is 2.38 bits per heavy atom. The minimum atomic E-state index is -0.994. The van der Waals surface area contributed by atoms with Gasteiger partial charge in [0.2, 0.25) is 0 Å². The number of rotatable bonds is 12. The van der Waals surface area contributed by atoms with Crippen molar-refractivity contribution < 1.29 is 23.4 Å². The molecule has 1 amide bonds. The molecule has 0 radical (unpaired) electrons. The summed E-state index contributed by atoms with van der Waals surface area (Å²) < 4.78 is 33.2. The Morgan fingerprint density at radius 1 is 0.949 bits per heavy atom. The largest absolute Gasteiger partial charge is 0.390 e. The third kappa shape index (κ3) is 8.93. The predicted octanol–water partition coefficient (Wildman–Crippen LogP) is 3.85. The summed E-state index contributed by atoms with van der Waals surface area (Å²) in [7, 11) is 0. The molecule has 6 nitrogen and oxygen atoms in total. The van der Waals surface area contributed by atoms with Crippen LogP contribution < -0.4 is 10.6 Å². The Bertz CT molecular complexity index is 1210. The summed E-state index contributed by atoms with van der Waals surface area (Å²) in [5.41, 5.74) is 4.14. The molecule has 0 aliphatic carbocycles. The maximum absolute atomic E-state index is 13.9. The van der Waals surface area contributed by atoms with E-state index in [0.717, 1.165) is 36.7 Å². The summed E-state index contributed by atoms with van der Waals surface area (Å²) in [6.07, 6.45) is 0.0101. The number of aryl methyl sites for hydroxylation is 1. The summed E-state index contributed by atoms with van der Waals surface area (Å²) in [6, 6.07) is 18.1. The first-order valence-electron chi connectivity index (χ1n) is 13.5. The van der Waals surface area contributed by atoms with E-state index in [9.17, 15) is 18.7 Å². The number of benzene rings is 3. The third-order valence-corrected chi connectivity index (χ3v) is 6.94. The maximum atomic E-state index is 13.9. The molecule has 0 aromatic heterocycles. The van der Waals surface area contributed by atoms with Gasteiger partial charge in [0.05, 0.1) is 25.4 Å². The molecule has 1 aliphatic heterocycles. The summed E-state index contributed by atoms with van der Waals surface area (Å²) >= 11 is 0. The van der Waals surface area contributed by atoms with Gasteiger partial charge in [-0.2, -0.15) is 0 Å². The fourth-order valence-corrected chi connectivity index (χ4v) is 4.81. The van der Waals surface area contributed by atoms with Crippen LogP contribution in [0, 0.1) is 11.6 Å². The minimum Gasteiger partial charge on any atom is -0.390 e. The number of aliphatic hydroxyl groups excluding tert-OH is 1. The second-order valence-electron chi connectivity index (χ2n) is 10.0. The van der Waals surface area contributed by atoms with Gasteiger partial charge in [-0.05, 0) is 59.4 Å². The van der Waals surface area contributed by atoms with Gasteiger partial charge in [-0.1, -0.05) is 43.3 Å². The van der Waals surface area contributed by atoms with Gasteiger partial charge in [-0.3, -0.25) is 9.69 Å². The summed E-state index contributed by atoms with van der Waals surface area (Å²) in [6.45, 7) is 6.60. The van der Waals surface area contributed by atoms with Crippen molar-refractivity contribution in [1.29, 1.82) is 0 Å². The van der Waals surface area contributed by atoms with E-state index in [-0.39, 0.29) is 18.9 Å². The molecule has 0 saturated carbocycles. The lowest BCUT2D eigenvalue weighted by molar-refractivity contribution is 0.0342. The lowest BCUT2D eigenvalue weighted by Gasteiger charge is -2.27. The van der Waals surface area contributed by atoms with Gasteiger partial charge in [-0.15, -0.1) is 0 Å². The summed E-state index contributed by atoms with van der Waals surface area (Å²) in [5, 5.41) is 17.2. The molecule has 3 aromatic carbocycles. The van der Waals surface area contributed by atoms with E-state index in [1.807, 2.05) is 30.3 Å². The van der Waals surface area contributed by atoms with Crippen LogP contribution in [0.1, 0.15) is 39.5 Å². The molecule has 3 aromatic rings. The quantitative estimate of drug-likeness (QED) is 0.327. The molecule has 39 heavy (non-hydrogen) atoms. The van der Waals surface area contributed by atoms with Gasteiger partial charge in [0, 0.05) is 44.4 Å². The van der Waals surface area contributed by atoms with Crippen LogP contribution in [0.15, 0.2) is 66.7 Å². The minimum absolute atomic E-state index is 0.0715. The van der Waals surface area contributed by atoms with Crippen molar-refractivity contribution in [3.63, 3.8) is 0 Å². The molecule has 2 atom stereocenters. The highest BCUT2D eigenvalue weighted by Crippen LogP contribution is 2.15.